The van der Waals surface area contributed by atoms with Gasteiger partial charge in [-0.05, 0) is 55.5 Å². The molecule has 30 heavy (non-hydrogen) atoms. The molecule has 0 bridgehead atoms. The van der Waals surface area contributed by atoms with Crippen molar-refractivity contribution in [2.75, 3.05) is 4.72 Å². The summed E-state index contributed by atoms with van der Waals surface area (Å²) in [7, 11) is -4.04. The molecule has 4 rings (SSSR count). The first-order valence-electron chi connectivity index (χ1n) is 8.82. The highest BCUT2D eigenvalue weighted by molar-refractivity contribution is 7.92. The van der Waals surface area contributed by atoms with E-state index in [4.69, 9.17) is 4.74 Å². The maximum atomic E-state index is 13.8. The van der Waals surface area contributed by atoms with Gasteiger partial charge in [0, 0.05) is 18.0 Å². The summed E-state index contributed by atoms with van der Waals surface area (Å²) in [5, 5.41) is 12.3. The molecular weight excluding hydrogens is 409 g/mol. The van der Waals surface area contributed by atoms with Crippen molar-refractivity contribution in [1.29, 1.82) is 0 Å². The molecule has 0 unspecified atom stereocenters. The van der Waals surface area contributed by atoms with Crippen LogP contribution in [0.25, 0.3) is 5.82 Å². The fourth-order valence-corrected chi connectivity index (χ4v) is 3.76. The molecule has 8 nitrogen and oxygen atoms in total. The molecule has 0 atom stereocenters. The standard InChI is InChI=1S/C20H16FN5O3S/c1-14-12-13-26(24-14)19-10-11-20(23-22-19)29-16-8-6-15(7-9-16)25-30(27,28)18-5-3-2-4-17(18)21/h2-13,25H,1H3. The van der Waals surface area contributed by atoms with Crippen LogP contribution in [0.15, 0.2) is 77.8 Å². The van der Waals surface area contributed by atoms with Crippen molar-refractivity contribution in [3.63, 3.8) is 0 Å². The van der Waals surface area contributed by atoms with Gasteiger partial charge in [0.25, 0.3) is 10.0 Å². The van der Waals surface area contributed by atoms with Crippen molar-refractivity contribution in [1.82, 2.24) is 20.0 Å². The number of aromatic nitrogens is 4. The van der Waals surface area contributed by atoms with E-state index < -0.39 is 20.7 Å². The van der Waals surface area contributed by atoms with E-state index in [2.05, 4.69) is 20.0 Å². The Labute approximate surface area is 172 Å². The van der Waals surface area contributed by atoms with Crippen LogP contribution < -0.4 is 9.46 Å². The summed E-state index contributed by atoms with van der Waals surface area (Å²) >= 11 is 0. The molecule has 4 aromatic rings. The highest BCUT2D eigenvalue weighted by Gasteiger charge is 2.18. The SMILES string of the molecule is Cc1ccn(-c2ccc(Oc3ccc(NS(=O)(=O)c4ccccc4F)cc3)nn2)n1. The van der Waals surface area contributed by atoms with E-state index in [1.165, 1.54) is 30.3 Å². The summed E-state index contributed by atoms with van der Waals surface area (Å²) in [5.41, 5.74) is 1.13. The Morgan fingerprint density at radius 2 is 1.73 bits per heavy atom. The van der Waals surface area contributed by atoms with Crippen molar-refractivity contribution >= 4 is 15.7 Å². The lowest BCUT2D eigenvalue weighted by atomic mass is 10.3. The molecule has 2 heterocycles. The van der Waals surface area contributed by atoms with Crippen LogP contribution in [0, 0.1) is 12.7 Å². The zero-order chi connectivity index (χ0) is 21.1. The number of anilines is 1. The molecule has 0 radical (unpaired) electrons. The number of aryl methyl sites for hydroxylation is 1. The van der Waals surface area contributed by atoms with Gasteiger partial charge in [-0.1, -0.05) is 12.1 Å². The van der Waals surface area contributed by atoms with Crippen molar-refractivity contribution in [3.8, 4) is 17.4 Å². The van der Waals surface area contributed by atoms with Gasteiger partial charge in [0.1, 0.15) is 16.5 Å². The van der Waals surface area contributed by atoms with Gasteiger partial charge in [0.05, 0.1) is 5.69 Å². The third kappa shape index (κ3) is 4.28. The Kier molecular flexibility index (Phi) is 5.15. The number of nitrogens with one attached hydrogen (secondary N) is 1. The van der Waals surface area contributed by atoms with Gasteiger partial charge in [-0.15, -0.1) is 10.2 Å². The smallest absolute Gasteiger partial charge is 0.264 e. The molecule has 2 aromatic carbocycles. The average molecular weight is 425 g/mol. The average Bonchev–Trinajstić information content (AvgIpc) is 3.16. The maximum Gasteiger partial charge on any atom is 0.264 e. The molecule has 0 aliphatic heterocycles. The minimum absolute atomic E-state index is 0.265. The second kappa shape index (κ2) is 7.91. The van der Waals surface area contributed by atoms with Crippen LogP contribution in [0.3, 0.4) is 0 Å². The topological polar surface area (TPSA) is 99.0 Å². The van der Waals surface area contributed by atoms with Crippen LogP contribution in [0.2, 0.25) is 0 Å². The largest absolute Gasteiger partial charge is 0.438 e. The number of nitrogens with zero attached hydrogens (tertiary/aromatic N) is 4. The fourth-order valence-electron chi connectivity index (χ4n) is 2.62. The summed E-state index contributed by atoms with van der Waals surface area (Å²) in [6.45, 7) is 1.88. The van der Waals surface area contributed by atoms with Crippen molar-refractivity contribution in [2.24, 2.45) is 0 Å². The van der Waals surface area contributed by atoms with Crippen molar-refractivity contribution in [2.45, 2.75) is 11.8 Å². The second-order valence-corrected chi connectivity index (χ2v) is 7.94. The van der Waals surface area contributed by atoms with Gasteiger partial charge in [-0.3, -0.25) is 4.72 Å². The molecule has 0 spiro atoms. The summed E-state index contributed by atoms with van der Waals surface area (Å²) < 4.78 is 48.0. The number of benzene rings is 2. The van der Waals surface area contributed by atoms with Crippen molar-refractivity contribution in [3.05, 3.63) is 84.4 Å². The fraction of sp³-hybridized carbons (Fsp3) is 0.0500. The van der Waals surface area contributed by atoms with Crippen LogP contribution >= 0.6 is 0 Å². The van der Waals surface area contributed by atoms with Gasteiger partial charge in [-0.2, -0.15) is 5.10 Å². The zero-order valence-corrected chi connectivity index (χ0v) is 16.5. The first-order chi connectivity index (χ1) is 14.4. The van der Waals surface area contributed by atoms with Crippen LogP contribution in [0.1, 0.15) is 5.69 Å². The zero-order valence-electron chi connectivity index (χ0n) is 15.7. The summed E-state index contributed by atoms with van der Waals surface area (Å²) in [6, 6.07) is 16.5. The highest BCUT2D eigenvalue weighted by Crippen LogP contribution is 2.24. The lowest BCUT2D eigenvalue weighted by Gasteiger charge is -2.10. The normalized spacial score (nSPS) is 11.3. The second-order valence-electron chi connectivity index (χ2n) is 6.29. The molecule has 0 amide bonds. The van der Waals surface area contributed by atoms with Gasteiger partial charge in [0.2, 0.25) is 5.88 Å². The first kappa shape index (κ1) is 19.5. The van der Waals surface area contributed by atoms with E-state index in [0.29, 0.717) is 11.6 Å². The monoisotopic (exact) mass is 425 g/mol. The maximum absolute atomic E-state index is 13.8. The molecule has 152 valence electrons. The molecule has 10 heteroatoms. The van der Waals surface area contributed by atoms with E-state index in [-0.39, 0.29) is 11.6 Å². The summed E-state index contributed by atoms with van der Waals surface area (Å²) in [5.74, 6) is 0.425. The van der Waals surface area contributed by atoms with Crippen LogP contribution in [0.4, 0.5) is 10.1 Å². The van der Waals surface area contributed by atoms with Crippen LogP contribution in [0.5, 0.6) is 11.6 Å². The lowest BCUT2D eigenvalue weighted by molar-refractivity contribution is 0.454. The van der Waals surface area contributed by atoms with Gasteiger partial charge in [0.15, 0.2) is 5.82 Å². The Hall–Kier alpha value is -3.79. The highest BCUT2D eigenvalue weighted by atomic mass is 32.2. The molecule has 0 saturated heterocycles. The number of hydrogen-bond acceptors (Lipinski definition) is 6. The summed E-state index contributed by atoms with van der Waals surface area (Å²) in [4.78, 5) is -0.423. The van der Waals surface area contributed by atoms with Crippen LogP contribution in [-0.2, 0) is 10.0 Å². The minimum Gasteiger partial charge on any atom is -0.438 e. The molecule has 0 aliphatic rings. The molecular formula is C20H16FN5O3S. The number of hydrogen-bond donors (Lipinski definition) is 1. The number of sulfonamides is 1. The number of rotatable bonds is 6. The number of ether oxygens (including phenoxy) is 1. The molecule has 2 aromatic heterocycles. The molecule has 0 fully saturated rings. The third-order valence-corrected chi connectivity index (χ3v) is 5.45. The first-order valence-corrected chi connectivity index (χ1v) is 10.3. The van der Waals surface area contributed by atoms with E-state index >= 15 is 0 Å². The van der Waals surface area contributed by atoms with Gasteiger partial charge < -0.3 is 4.74 Å². The van der Waals surface area contributed by atoms with Crippen molar-refractivity contribution < 1.29 is 17.5 Å². The lowest BCUT2D eigenvalue weighted by Crippen LogP contribution is -2.14. The van der Waals surface area contributed by atoms with Gasteiger partial charge in [-0.25, -0.2) is 17.5 Å². The minimum atomic E-state index is -4.04. The van der Waals surface area contributed by atoms with E-state index in [9.17, 15) is 12.8 Å². The Balaban J connectivity index is 1.44. The molecule has 0 aliphatic carbocycles. The Morgan fingerprint density at radius 1 is 0.967 bits per heavy atom. The third-order valence-electron chi connectivity index (χ3n) is 4.04. The Bertz CT molecular complexity index is 1270. The summed E-state index contributed by atoms with van der Waals surface area (Å²) in [6.07, 6.45) is 1.78. The molecule has 1 N–H and O–H groups in total. The van der Waals surface area contributed by atoms with Crippen LogP contribution in [-0.4, -0.2) is 28.4 Å². The Morgan fingerprint density at radius 3 is 2.37 bits per heavy atom. The quantitative estimate of drug-likeness (QED) is 0.506. The molecule has 0 saturated carbocycles. The number of halogens is 1. The van der Waals surface area contributed by atoms with E-state index in [1.807, 2.05) is 13.0 Å². The van der Waals surface area contributed by atoms with E-state index in [0.717, 1.165) is 11.8 Å². The predicted molar refractivity (Wildman–Crippen MR) is 108 cm³/mol. The predicted octanol–water partition coefficient (Wildman–Crippen LogP) is 3.70. The van der Waals surface area contributed by atoms with E-state index in [1.54, 1.807) is 35.1 Å². The van der Waals surface area contributed by atoms with Gasteiger partial charge >= 0.3 is 0 Å².